The van der Waals surface area contributed by atoms with Crippen LogP contribution in [-0.2, 0) is 6.54 Å². The second-order valence-electron chi connectivity index (χ2n) is 6.20. The van der Waals surface area contributed by atoms with Crippen molar-refractivity contribution in [2.45, 2.75) is 6.54 Å². The van der Waals surface area contributed by atoms with E-state index in [9.17, 15) is 4.79 Å². The minimum absolute atomic E-state index is 0.109. The van der Waals surface area contributed by atoms with Crippen molar-refractivity contribution in [3.8, 4) is 11.5 Å². The van der Waals surface area contributed by atoms with Crippen LogP contribution in [0.1, 0.15) is 15.9 Å². The van der Waals surface area contributed by atoms with Gasteiger partial charge in [-0.25, -0.2) is 0 Å². The monoisotopic (exact) mass is 376 g/mol. The number of likely N-dealkylation sites (N-methyl/N-ethyl adjacent to an activating group) is 1. The Kier molecular flexibility index (Phi) is 7.30. The van der Waals surface area contributed by atoms with Crippen LogP contribution in [0.15, 0.2) is 42.5 Å². The van der Waals surface area contributed by atoms with E-state index in [1.165, 1.54) is 7.11 Å². The van der Waals surface area contributed by atoms with Crippen molar-refractivity contribution in [1.82, 2.24) is 9.80 Å². The molecule has 0 aliphatic heterocycles. The van der Waals surface area contributed by atoms with Crippen molar-refractivity contribution < 1.29 is 14.3 Å². The van der Waals surface area contributed by atoms with E-state index in [1.54, 1.807) is 30.2 Å². The maximum Gasteiger partial charge on any atom is 0.258 e. The van der Waals surface area contributed by atoms with Gasteiger partial charge in [-0.05, 0) is 43.9 Å². The van der Waals surface area contributed by atoms with Gasteiger partial charge in [-0.3, -0.25) is 4.79 Å². The fraction of sp³-hybridized carbons (Fsp3) is 0.350. The third-order valence-electron chi connectivity index (χ3n) is 4.00. The third kappa shape index (κ3) is 5.13. The van der Waals surface area contributed by atoms with E-state index in [0.717, 1.165) is 12.1 Å². The number of carbonyl (C=O) groups is 1. The van der Waals surface area contributed by atoms with Crippen LogP contribution in [0.25, 0.3) is 0 Å². The highest BCUT2D eigenvalue weighted by molar-refractivity contribution is 6.30. The van der Waals surface area contributed by atoms with Crippen molar-refractivity contribution in [3.63, 3.8) is 0 Å². The lowest BCUT2D eigenvalue weighted by Gasteiger charge is -2.26. The standard InChI is InChI=1S/C20H25ClN2O3/c1-22(2)11-12-23(14-15-7-5-8-16(21)13-15)20(24)17-9-6-10-18(25-3)19(17)26-4/h5-10,13H,11-12,14H2,1-4H3. The molecular formula is C20H25ClN2O3. The molecule has 2 rings (SSSR count). The van der Waals surface area contributed by atoms with E-state index in [2.05, 4.69) is 0 Å². The zero-order valence-electron chi connectivity index (χ0n) is 15.7. The van der Waals surface area contributed by atoms with Crippen LogP contribution in [0.3, 0.4) is 0 Å². The molecule has 0 aliphatic rings. The lowest BCUT2D eigenvalue weighted by Crippen LogP contribution is -2.36. The first-order valence-corrected chi connectivity index (χ1v) is 8.73. The van der Waals surface area contributed by atoms with Crippen molar-refractivity contribution in [3.05, 3.63) is 58.6 Å². The molecule has 6 heteroatoms. The summed E-state index contributed by atoms with van der Waals surface area (Å²) in [5.41, 5.74) is 1.46. The SMILES string of the molecule is COc1cccc(C(=O)N(CCN(C)C)Cc2cccc(Cl)c2)c1OC. The summed E-state index contributed by atoms with van der Waals surface area (Å²) in [6.07, 6.45) is 0. The largest absolute Gasteiger partial charge is 0.493 e. The number of para-hydroxylation sites is 1. The second kappa shape index (κ2) is 9.46. The Bertz CT molecular complexity index is 750. The first-order valence-electron chi connectivity index (χ1n) is 8.35. The Balaban J connectivity index is 2.33. The van der Waals surface area contributed by atoms with E-state index in [4.69, 9.17) is 21.1 Å². The molecule has 0 saturated heterocycles. The molecule has 0 N–H and O–H groups in total. The summed E-state index contributed by atoms with van der Waals surface area (Å²) in [6, 6.07) is 12.9. The van der Waals surface area contributed by atoms with Gasteiger partial charge in [0.2, 0.25) is 0 Å². The number of ether oxygens (including phenoxy) is 2. The predicted octanol–water partition coefficient (Wildman–Crippen LogP) is 3.56. The molecule has 0 atom stereocenters. The number of benzene rings is 2. The highest BCUT2D eigenvalue weighted by Crippen LogP contribution is 2.31. The fourth-order valence-electron chi connectivity index (χ4n) is 2.65. The Morgan fingerprint density at radius 2 is 1.77 bits per heavy atom. The third-order valence-corrected chi connectivity index (χ3v) is 4.24. The molecule has 0 bridgehead atoms. The topological polar surface area (TPSA) is 42.0 Å². The summed E-state index contributed by atoms with van der Waals surface area (Å²) in [7, 11) is 7.06. The van der Waals surface area contributed by atoms with Crippen LogP contribution in [-0.4, -0.2) is 57.1 Å². The van der Waals surface area contributed by atoms with E-state index < -0.39 is 0 Å². The Morgan fingerprint density at radius 1 is 1.04 bits per heavy atom. The van der Waals surface area contributed by atoms with Crippen molar-refractivity contribution in [1.29, 1.82) is 0 Å². The molecule has 2 aromatic carbocycles. The first-order chi connectivity index (χ1) is 12.5. The summed E-state index contributed by atoms with van der Waals surface area (Å²) < 4.78 is 10.7. The van der Waals surface area contributed by atoms with Gasteiger partial charge in [0.1, 0.15) is 0 Å². The molecule has 0 radical (unpaired) electrons. The molecule has 26 heavy (non-hydrogen) atoms. The van der Waals surface area contributed by atoms with Gasteiger partial charge in [0.15, 0.2) is 11.5 Å². The maximum absolute atomic E-state index is 13.2. The normalized spacial score (nSPS) is 10.7. The lowest BCUT2D eigenvalue weighted by molar-refractivity contribution is 0.0728. The average Bonchev–Trinajstić information content (AvgIpc) is 2.63. The molecule has 5 nitrogen and oxygen atoms in total. The quantitative estimate of drug-likeness (QED) is 0.706. The predicted molar refractivity (Wildman–Crippen MR) is 104 cm³/mol. The number of hydrogen-bond acceptors (Lipinski definition) is 4. The van der Waals surface area contributed by atoms with Gasteiger partial charge in [-0.1, -0.05) is 29.8 Å². The zero-order chi connectivity index (χ0) is 19.1. The van der Waals surface area contributed by atoms with Crippen LogP contribution in [0.4, 0.5) is 0 Å². The van der Waals surface area contributed by atoms with Gasteiger partial charge in [0, 0.05) is 24.7 Å². The molecule has 0 saturated carbocycles. The minimum atomic E-state index is -0.109. The highest BCUT2D eigenvalue weighted by Gasteiger charge is 2.22. The molecule has 0 unspecified atom stereocenters. The summed E-state index contributed by atoms with van der Waals surface area (Å²) in [4.78, 5) is 17.1. The number of nitrogens with zero attached hydrogens (tertiary/aromatic N) is 2. The minimum Gasteiger partial charge on any atom is -0.493 e. The molecule has 0 aliphatic carbocycles. The van der Waals surface area contributed by atoms with Crippen LogP contribution in [0.5, 0.6) is 11.5 Å². The van der Waals surface area contributed by atoms with E-state index in [-0.39, 0.29) is 5.91 Å². The van der Waals surface area contributed by atoms with Crippen molar-refractivity contribution in [2.24, 2.45) is 0 Å². The number of halogens is 1. The molecule has 1 amide bonds. The van der Waals surface area contributed by atoms with Gasteiger partial charge < -0.3 is 19.3 Å². The molecule has 0 fully saturated rings. The van der Waals surface area contributed by atoms with Crippen LogP contribution in [0.2, 0.25) is 5.02 Å². The summed E-state index contributed by atoms with van der Waals surface area (Å²) in [6.45, 7) is 1.80. The Morgan fingerprint density at radius 3 is 2.38 bits per heavy atom. The Hall–Kier alpha value is -2.24. The summed E-state index contributed by atoms with van der Waals surface area (Å²) >= 11 is 6.09. The van der Waals surface area contributed by atoms with Gasteiger partial charge in [0.05, 0.1) is 19.8 Å². The number of carbonyl (C=O) groups excluding carboxylic acids is 1. The van der Waals surface area contributed by atoms with Crippen LogP contribution >= 0.6 is 11.6 Å². The van der Waals surface area contributed by atoms with Crippen molar-refractivity contribution >= 4 is 17.5 Å². The molecule has 0 heterocycles. The fourth-order valence-corrected chi connectivity index (χ4v) is 2.87. The molecule has 140 valence electrons. The van der Waals surface area contributed by atoms with Crippen molar-refractivity contribution in [2.75, 3.05) is 41.4 Å². The van der Waals surface area contributed by atoms with Gasteiger partial charge in [-0.15, -0.1) is 0 Å². The summed E-state index contributed by atoms with van der Waals surface area (Å²) in [5.74, 6) is 0.872. The molecular weight excluding hydrogens is 352 g/mol. The Labute approximate surface area is 160 Å². The number of amides is 1. The number of methoxy groups -OCH3 is 2. The van der Waals surface area contributed by atoms with E-state index >= 15 is 0 Å². The zero-order valence-corrected chi connectivity index (χ0v) is 16.4. The van der Waals surface area contributed by atoms with Crippen LogP contribution in [0, 0.1) is 0 Å². The number of hydrogen-bond donors (Lipinski definition) is 0. The van der Waals surface area contributed by atoms with E-state index in [0.29, 0.717) is 35.2 Å². The molecule has 2 aromatic rings. The number of rotatable bonds is 8. The second-order valence-corrected chi connectivity index (χ2v) is 6.64. The molecule has 0 spiro atoms. The molecule has 0 aromatic heterocycles. The van der Waals surface area contributed by atoms with Gasteiger partial charge in [0.25, 0.3) is 5.91 Å². The lowest BCUT2D eigenvalue weighted by atomic mass is 10.1. The highest BCUT2D eigenvalue weighted by atomic mass is 35.5. The van der Waals surface area contributed by atoms with Gasteiger partial charge >= 0.3 is 0 Å². The van der Waals surface area contributed by atoms with E-state index in [1.807, 2.05) is 43.3 Å². The average molecular weight is 377 g/mol. The smallest absolute Gasteiger partial charge is 0.258 e. The summed E-state index contributed by atoms with van der Waals surface area (Å²) in [5, 5.41) is 0.654. The van der Waals surface area contributed by atoms with Gasteiger partial charge in [-0.2, -0.15) is 0 Å². The first kappa shape index (κ1) is 20.1. The maximum atomic E-state index is 13.2. The van der Waals surface area contributed by atoms with Crippen LogP contribution < -0.4 is 9.47 Å².